The summed E-state index contributed by atoms with van der Waals surface area (Å²) in [5, 5.41) is 9.63. The van der Waals surface area contributed by atoms with Crippen molar-refractivity contribution in [3.05, 3.63) is 34.1 Å². The number of hydrogen-bond acceptors (Lipinski definition) is 1. The van der Waals surface area contributed by atoms with Crippen LogP contribution in [0.2, 0.25) is 0 Å². The van der Waals surface area contributed by atoms with Gasteiger partial charge in [-0.1, -0.05) is 22.0 Å². The molecule has 0 saturated heterocycles. The van der Waals surface area contributed by atoms with Crippen LogP contribution in [0, 0.1) is 5.82 Å². The average Bonchev–Trinajstić information content (AvgIpc) is 2.83. The van der Waals surface area contributed by atoms with Crippen LogP contribution in [0.1, 0.15) is 24.8 Å². The van der Waals surface area contributed by atoms with Crippen molar-refractivity contribution in [1.29, 1.82) is 0 Å². The second-order valence-corrected chi connectivity index (χ2v) is 4.78. The highest BCUT2D eigenvalue weighted by molar-refractivity contribution is 9.10. The smallest absolute Gasteiger partial charge is 0.127 e. The van der Waals surface area contributed by atoms with E-state index in [-0.39, 0.29) is 5.82 Å². The Morgan fingerprint density at radius 1 is 1.43 bits per heavy atom. The van der Waals surface area contributed by atoms with Crippen LogP contribution in [0.3, 0.4) is 0 Å². The lowest BCUT2D eigenvalue weighted by molar-refractivity contribution is 0.140. The summed E-state index contributed by atoms with van der Waals surface area (Å²) < 4.78 is 14.1. The van der Waals surface area contributed by atoms with Gasteiger partial charge in [-0.25, -0.2) is 4.39 Å². The SMILES string of the molecule is OC1(CCc2c(F)cccc2Br)CC1. The molecule has 0 heterocycles. The van der Waals surface area contributed by atoms with Crippen LogP contribution >= 0.6 is 15.9 Å². The highest BCUT2D eigenvalue weighted by Gasteiger charge is 2.39. The molecule has 0 unspecified atom stereocenters. The van der Waals surface area contributed by atoms with Crippen molar-refractivity contribution in [1.82, 2.24) is 0 Å². The van der Waals surface area contributed by atoms with E-state index >= 15 is 0 Å². The molecule has 0 aliphatic heterocycles. The largest absolute Gasteiger partial charge is 0.390 e. The maximum absolute atomic E-state index is 13.3. The molecule has 1 aliphatic carbocycles. The molecule has 1 aliphatic rings. The molecule has 1 fully saturated rings. The Kier molecular flexibility index (Phi) is 2.62. The zero-order chi connectivity index (χ0) is 10.2. The molecular weight excluding hydrogens is 247 g/mol. The molecular formula is C11H12BrFO. The molecule has 1 aromatic rings. The van der Waals surface area contributed by atoms with Crippen LogP contribution in [0.25, 0.3) is 0 Å². The third kappa shape index (κ3) is 2.15. The Bertz CT molecular complexity index is 327. The van der Waals surface area contributed by atoms with Crippen molar-refractivity contribution < 1.29 is 9.50 Å². The van der Waals surface area contributed by atoms with Gasteiger partial charge in [-0.15, -0.1) is 0 Å². The van der Waals surface area contributed by atoms with Gasteiger partial charge in [0, 0.05) is 10.0 Å². The molecule has 1 N–H and O–H groups in total. The predicted molar refractivity (Wildman–Crippen MR) is 56.6 cm³/mol. The molecule has 1 nitrogen and oxygen atoms in total. The molecule has 76 valence electrons. The van der Waals surface area contributed by atoms with E-state index in [2.05, 4.69) is 15.9 Å². The zero-order valence-corrected chi connectivity index (χ0v) is 9.35. The van der Waals surface area contributed by atoms with Gasteiger partial charge in [0.1, 0.15) is 5.82 Å². The van der Waals surface area contributed by atoms with Gasteiger partial charge in [0.15, 0.2) is 0 Å². The second-order valence-electron chi connectivity index (χ2n) is 3.92. The van der Waals surface area contributed by atoms with Gasteiger partial charge in [0.25, 0.3) is 0 Å². The van der Waals surface area contributed by atoms with Crippen molar-refractivity contribution in [2.75, 3.05) is 0 Å². The number of hydrogen-bond donors (Lipinski definition) is 1. The third-order valence-electron chi connectivity index (χ3n) is 2.73. The van der Waals surface area contributed by atoms with Crippen LogP contribution < -0.4 is 0 Å². The van der Waals surface area contributed by atoms with Gasteiger partial charge in [-0.2, -0.15) is 0 Å². The third-order valence-corrected chi connectivity index (χ3v) is 3.47. The van der Waals surface area contributed by atoms with Crippen molar-refractivity contribution in [3.63, 3.8) is 0 Å². The first kappa shape index (κ1) is 10.1. The Morgan fingerprint density at radius 3 is 2.71 bits per heavy atom. The van der Waals surface area contributed by atoms with Gasteiger partial charge >= 0.3 is 0 Å². The summed E-state index contributed by atoms with van der Waals surface area (Å²) in [6.07, 6.45) is 2.98. The minimum absolute atomic E-state index is 0.191. The molecule has 3 heteroatoms. The summed E-state index contributed by atoms with van der Waals surface area (Å²) in [7, 11) is 0. The van der Waals surface area contributed by atoms with E-state index in [4.69, 9.17) is 0 Å². The fourth-order valence-electron chi connectivity index (χ4n) is 1.52. The standard InChI is InChI=1S/C11H12BrFO/c12-9-2-1-3-10(13)8(9)4-5-11(14)6-7-11/h1-3,14H,4-7H2. The monoisotopic (exact) mass is 258 g/mol. The maximum Gasteiger partial charge on any atom is 0.127 e. The molecule has 0 radical (unpaired) electrons. The lowest BCUT2D eigenvalue weighted by Crippen LogP contribution is -2.08. The normalized spacial score (nSPS) is 18.2. The Hall–Kier alpha value is -0.410. The zero-order valence-electron chi connectivity index (χ0n) is 7.76. The Morgan fingerprint density at radius 2 is 2.14 bits per heavy atom. The van der Waals surface area contributed by atoms with E-state index in [1.807, 2.05) is 6.07 Å². The fraction of sp³-hybridized carbons (Fsp3) is 0.455. The first-order chi connectivity index (χ1) is 6.61. The topological polar surface area (TPSA) is 20.2 Å². The molecule has 1 aromatic carbocycles. The van der Waals surface area contributed by atoms with Crippen LogP contribution in [-0.2, 0) is 6.42 Å². The molecule has 0 spiro atoms. The molecule has 0 bridgehead atoms. The molecule has 0 aromatic heterocycles. The van der Waals surface area contributed by atoms with Crippen molar-refractivity contribution in [2.45, 2.75) is 31.3 Å². The van der Waals surface area contributed by atoms with E-state index in [1.54, 1.807) is 6.07 Å². The summed E-state index contributed by atoms with van der Waals surface area (Å²) in [5.74, 6) is -0.191. The van der Waals surface area contributed by atoms with E-state index in [9.17, 15) is 9.50 Å². The van der Waals surface area contributed by atoms with E-state index in [1.165, 1.54) is 6.07 Å². The quantitative estimate of drug-likeness (QED) is 0.884. The van der Waals surface area contributed by atoms with E-state index < -0.39 is 5.60 Å². The first-order valence-electron chi connectivity index (χ1n) is 4.76. The van der Waals surface area contributed by atoms with Gasteiger partial charge in [0.05, 0.1) is 5.60 Å². The number of aliphatic hydroxyl groups is 1. The molecule has 14 heavy (non-hydrogen) atoms. The minimum atomic E-state index is -0.498. The minimum Gasteiger partial charge on any atom is -0.390 e. The summed E-state index contributed by atoms with van der Waals surface area (Å²) in [4.78, 5) is 0. The van der Waals surface area contributed by atoms with E-state index in [0.717, 1.165) is 17.3 Å². The summed E-state index contributed by atoms with van der Waals surface area (Å²) >= 11 is 3.31. The van der Waals surface area contributed by atoms with Crippen LogP contribution in [0.4, 0.5) is 4.39 Å². The molecule has 0 atom stereocenters. The summed E-state index contributed by atoms with van der Waals surface area (Å²) in [6, 6.07) is 4.96. The number of rotatable bonds is 3. The predicted octanol–water partition coefficient (Wildman–Crippen LogP) is 3.05. The van der Waals surface area contributed by atoms with Crippen molar-refractivity contribution in [2.24, 2.45) is 0 Å². The van der Waals surface area contributed by atoms with Gasteiger partial charge < -0.3 is 5.11 Å². The van der Waals surface area contributed by atoms with Crippen LogP contribution in [-0.4, -0.2) is 10.7 Å². The summed E-state index contributed by atoms with van der Waals surface area (Å²) in [5.41, 5.74) is 0.176. The van der Waals surface area contributed by atoms with E-state index in [0.29, 0.717) is 18.4 Å². The fourth-order valence-corrected chi connectivity index (χ4v) is 2.06. The molecule has 0 amide bonds. The van der Waals surface area contributed by atoms with Crippen LogP contribution in [0.15, 0.2) is 22.7 Å². The summed E-state index contributed by atoms with van der Waals surface area (Å²) in [6.45, 7) is 0. The lowest BCUT2D eigenvalue weighted by atomic mass is 10.1. The van der Waals surface area contributed by atoms with Gasteiger partial charge in [0.2, 0.25) is 0 Å². The number of benzene rings is 1. The Labute approximate surface area is 91.1 Å². The van der Waals surface area contributed by atoms with Crippen LogP contribution in [0.5, 0.6) is 0 Å². The highest BCUT2D eigenvalue weighted by Crippen LogP contribution is 2.39. The van der Waals surface area contributed by atoms with Gasteiger partial charge in [-0.05, 0) is 37.8 Å². The second kappa shape index (κ2) is 3.63. The number of halogens is 2. The highest BCUT2D eigenvalue weighted by atomic mass is 79.9. The Balaban J connectivity index is 2.08. The van der Waals surface area contributed by atoms with Gasteiger partial charge in [-0.3, -0.25) is 0 Å². The lowest BCUT2D eigenvalue weighted by Gasteiger charge is -2.09. The maximum atomic E-state index is 13.3. The van der Waals surface area contributed by atoms with Crippen molar-refractivity contribution in [3.8, 4) is 0 Å². The molecule has 1 saturated carbocycles. The van der Waals surface area contributed by atoms with Crippen molar-refractivity contribution >= 4 is 15.9 Å². The molecule has 2 rings (SSSR count). The first-order valence-corrected chi connectivity index (χ1v) is 5.55. The average molecular weight is 259 g/mol.